The highest BCUT2D eigenvalue weighted by Crippen LogP contribution is 2.33. The number of halogens is 4. The molecule has 0 radical (unpaired) electrons. The Balaban J connectivity index is 2.35. The quantitative estimate of drug-likeness (QED) is 0.747. The van der Waals surface area contributed by atoms with Crippen LogP contribution in [0.15, 0.2) is 36.4 Å². The van der Waals surface area contributed by atoms with Crippen LogP contribution in [0.25, 0.3) is 0 Å². The number of methoxy groups -OCH3 is 1. The lowest BCUT2D eigenvalue weighted by Crippen LogP contribution is -1.97. The smallest absolute Gasteiger partial charge is 0.165 e. The topological polar surface area (TPSA) is 9.23 Å². The van der Waals surface area contributed by atoms with E-state index >= 15 is 0 Å². The van der Waals surface area contributed by atoms with Gasteiger partial charge in [-0.3, -0.25) is 0 Å². The van der Waals surface area contributed by atoms with E-state index in [0.717, 1.165) is 12.1 Å². The van der Waals surface area contributed by atoms with Gasteiger partial charge < -0.3 is 4.74 Å². The van der Waals surface area contributed by atoms with Crippen LogP contribution in [0.1, 0.15) is 16.0 Å². The van der Waals surface area contributed by atoms with E-state index in [-0.39, 0.29) is 5.75 Å². The van der Waals surface area contributed by atoms with Crippen molar-refractivity contribution in [2.45, 2.75) is 4.83 Å². The molecule has 2 rings (SSSR count). The predicted octanol–water partition coefficient (Wildman–Crippen LogP) is 4.60. The normalized spacial score (nSPS) is 12.3. The summed E-state index contributed by atoms with van der Waals surface area (Å²) in [6, 6.07) is 8.00. The van der Waals surface area contributed by atoms with Crippen LogP contribution in [0.5, 0.6) is 5.75 Å². The van der Waals surface area contributed by atoms with Gasteiger partial charge in [-0.2, -0.15) is 0 Å². The van der Waals surface area contributed by atoms with Crippen LogP contribution < -0.4 is 4.74 Å². The number of alkyl halides is 1. The van der Waals surface area contributed by atoms with E-state index < -0.39 is 22.3 Å². The lowest BCUT2D eigenvalue weighted by atomic mass is 10.0. The monoisotopic (exact) mass is 330 g/mol. The first-order valence-electron chi connectivity index (χ1n) is 5.45. The molecular formula is C14H10BrF3O. The van der Waals surface area contributed by atoms with Gasteiger partial charge in [0.05, 0.1) is 11.9 Å². The molecule has 0 spiro atoms. The van der Waals surface area contributed by atoms with Gasteiger partial charge in [0.2, 0.25) is 0 Å². The Bertz CT molecular complexity index is 601. The van der Waals surface area contributed by atoms with E-state index in [1.807, 2.05) is 0 Å². The Hall–Kier alpha value is -1.49. The fourth-order valence-corrected chi connectivity index (χ4v) is 2.27. The second kappa shape index (κ2) is 5.65. The summed E-state index contributed by atoms with van der Waals surface area (Å²) < 4.78 is 44.4. The molecule has 5 heteroatoms. The van der Waals surface area contributed by atoms with E-state index in [1.54, 1.807) is 6.07 Å². The molecule has 1 nitrogen and oxygen atoms in total. The summed E-state index contributed by atoms with van der Waals surface area (Å²) in [7, 11) is 1.37. The van der Waals surface area contributed by atoms with E-state index in [4.69, 9.17) is 4.74 Å². The van der Waals surface area contributed by atoms with Crippen LogP contribution in [0.2, 0.25) is 0 Å². The molecule has 0 bridgehead atoms. The molecule has 1 atom stereocenters. The summed E-state index contributed by atoms with van der Waals surface area (Å²) in [5.41, 5.74) is 1.09. The summed E-state index contributed by atoms with van der Waals surface area (Å²) >= 11 is 3.34. The number of ether oxygens (including phenoxy) is 1. The SMILES string of the molecule is COc1ccc(C(Br)c2ccc(F)c(F)c2)cc1F. The van der Waals surface area contributed by atoms with Gasteiger partial charge in [-0.15, -0.1) is 0 Å². The van der Waals surface area contributed by atoms with E-state index in [2.05, 4.69) is 15.9 Å². The average Bonchev–Trinajstić information content (AvgIpc) is 2.41. The van der Waals surface area contributed by atoms with Crippen molar-refractivity contribution in [3.05, 3.63) is 65.0 Å². The molecule has 2 aromatic rings. The zero-order valence-electron chi connectivity index (χ0n) is 9.96. The van der Waals surface area contributed by atoms with Gasteiger partial charge in [0.15, 0.2) is 23.2 Å². The van der Waals surface area contributed by atoms with Crippen molar-refractivity contribution in [3.8, 4) is 5.75 Å². The number of hydrogen-bond donors (Lipinski definition) is 0. The molecule has 0 saturated carbocycles. The molecule has 2 aromatic carbocycles. The van der Waals surface area contributed by atoms with Crippen LogP contribution in [-0.4, -0.2) is 7.11 Å². The highest BCUT2D eigenvalue weighted by atomic mass is 79.9. The second-order valence-corrected chi connectivity index (χ2v) is 4.85. The van der Waals surface area contributed by atoms with Gasteiger partial charge in [-0.25, -0.2) is 13.2 Å². The standard InChI is InChI=1S/C14H10BrF3O/c1-19-13-5-3-9(7-12(13)18)14(15)8-2-4-10(16)11(17)6-8/h2-7,14H,1H3. The van der Waals surface area contributed by atoms with Crippen molar-refractivity contribution in [2.75, 3.05) is 7.11 Å². The van der Waals surface area contributed by atoms with Gasteiger partial charge >= 0.3 is 0 Å². The summed E-state index contributed by atoms with van der Waals surface area (Å²) in [6.07, 6.45) is 0. The molecule has 0 fully saturated rings. The highest BCUT2D eigenvalue weighted by Gasteiger charge is 2.15. The van der Waals surface area contributed by atoms with Crippen LogP contribution in [0, 0.1) is 17.5 Å². The Morgan fingerprint density at radius 1 is 0.895 bits per heavy atom. The van der Waals surface area contributed by atoms with Crippen molar-refractivity contribution >= 4 is 15.9 Å². The zero-order valence-corrected chi connectivity index (χ0v) is 11.5. The molecule has 0 aliphatic rings. The molecule has 100 valence electrons. The number of benzene rings is 2. The molecular weight excluding hydrogens is 321 g/mol. The van der Waals surface area contributed by atoms with Crippen molar-refractivity contribution in [2.24, 2.45) is 0 Å². The van der Waals surface area contributed by atoms with Gasteiger partial charge in [-0.05, 0) is 35.4 Å². The van der Waals surface area contributed by atoms with E-state index in [0.29, 0.717) is 11.1 Å². The first-order chi connectivity index (χ1) is 9.02. The van der Waals surface area contributed by atoms with E-state index in [1.165, 1.54) is 25.3 Å². The van der Waals surface area contributed by atoms with Crippen molar-refractivity contribution < 1.29 is 17.9 Å². The summed E-state index contributed by atoms with van der Waals surface area (Å²) in [6.45, 7) is 0. The van der Waals surface area contributed by atoms with Crippen LogP contribution in [0.4, 0.5) is 13.2 Å². The largest absolute Gasteiger partial charge is 0.494 e. The molecule has 0 aliphatic carbocycles. The van der Waals surface area contributed by atoms with Crippen molar-refractivity contribution in [3.63, 3.8) is 0 Å². The molecule has 0 saturated heterocycles. The average molecular weight is 331 g/mol. The third-order valence-electron chi connectivity index (χ3n) is 2.70. The van der Waals surface area contributed by atoms with Crippen LogP contribution in [0.3, 0.4) is 0 Å². The first-order valence-corrected chi connectivity index (χ1v) is 6.37. The van der Waals surface area contributed by atoms with Crippen molar-refractivity contribution in [1.82, 2.24) is 0 Å². The fraction of sp³-hybridized carbons (Fsp3) is 0.143. The zero-order chi connectivity index (χ0) is 14.0. The third-order valence-corrected chi connectivity index (χ3v) is 3.76. The van der Waals surface area contributed by atoms with Crippen molar-refractivity contribution in [1.29, 1.82) is 0 Å². The van der Waals surface area contributed by atoms with Gasteiger partial charge in [0.1, 0.15) is 0 Å². The Morgan fingerprint density at radius 2 is 1.47 bits per heavy atom. The minimum atomic E-state index is -0.934. The first kappa shape index (κ1) is 13.9. The maximum absolute atomic E-state index is 13.6. The minimum absolute atomic E-state index is 0.133. The van der Waals surface area contributed by atoms with Gasteiger partial charge in [-0.1, -0.05) is 28.1 Å². The number of hydrogen-bond acceptors (Lipinski definition) is 1. The maximum atomic E-state index is 13.6. The lowest BCUT2D eigenvalue weighted by Gasteiger charge is -2.12. The lowest BCUT2D eigenvalue weighted by molar-refractivity contribution is 0.386. The molecule has 0 N–H and O–H groups in total. The van der Waals surface area contributed by atoms with Gasteiger partial charge in [0.25, 0.3) is 0 Å². The molecule has 0 amide bonds. The Labute approximate surface area is 117 Å². The second-order valence-electron chi connectivity index (χ2n) is 3.93. The Morgan fingerprint density at radius 3 is 2.00 bits per heavy atom. The molecule has 0 aliphatic heterocycles. The van der Waals surface area contributed by atoms with Crippen LogP contribution >= 0.6 is 15.9 Å². The molecule has 1 unspecified atom stereocenters. The molecule has 0 heterocycles. The third kappa shape index (κ3) is 2.92. The summed E-state index contributed by atoms with van der Waals surface area (Å²) in [4.78, 5) is -0.428. The summed E-state index contributed by atoms with van der Waals surface area (Å²) in [5, 5.41) is 0. The maximum Gasteiger partial charge on any atom is 0.165 e. The van der Waals surface area contributed by atoms with Crippen LogP contribution in [-0.2, 0) is 0 Å². The predicted molar refractivity (Wildman–Crippen MR) is 70.1 cm³/mol. The highest BCUT2D eigenvalue weighted by molar-refractivity contribution is 9.09. The fourth-order valence-electron chi connectivity index (χ4n) is 1.70. The summed E-state index contributed by atoms with van der Waals surface area (Å²) in [5.74, 6) is -2.22. The number of rotatable bonds is 3. The van der Waals surface area contributed by atoms with E-state index in [9.17, 15) is 13.2 Å². The molecule has 0 aromatic heterocycles. The minimum Gasteiger partial charge on any atom is -0.494 e. The molecule has 19 heavy (non-hydrogen) atoms. The Kier molecular flexibility index (Phi) is 4.14. The van der Waals surface area contributed by atoms with Gasteiger partial charge in [0, 0.05) is 0 Å².